The van der Waals surface area contributed by atoms with Crippen LogP contribution in [0.5, 0.6) is 0 Å². The lowest BCUT2D eigenvalue weighted by Gasteiger charge is -2.29. The van der Waals surface area contributed by atoms with Crippen molar-refractivity contribution in [2.24, 2.45) is 5.73 Å². The SMILES string of the molecule is COC(CN)C(=O)NC(C)CN1CCCCC1.Cl.Cl. The molecule has 1 saturated heterocycles. The van der Waals surface area contributed by atoms with Gasteiger partial charge in [0.15, 0.2) is 0 Å². The van der Waals surface area contributed by atoms with Crippen molar-refractivity contribution in [1.82, 2.24) is 10.2 Å². The average molecular weight is 316 g/mol. The second-order valence-electron chi connectivity index (χ2n) is 4.73. The third-order valence-electron chi connectivity index (χ3n) is 3.16. The van der Waals surface area contributed by atoms with Gasteiger partial charge >= 0.3 is 0 Å². The number of nitrogens with one attached hydrogen (secondary N) is 1. The number of carbonyl (C=O) groups is 1. The summed E-state index contributed by atoms with van der Waals surface area (Å²) in [6.07, 6.45) is 3.34. The van der Waals surface area contributed by atoms with E-state index in [1.54, 1.807) is 0 Å². The van der Waals surface area contributed by atoms with Crippen LogP contribution in [0.4, 0.5) is 0 Å². The second-order valence-corrected chi connectivity index (χ2v) is 4.73. The van der Waals surface area contributed by atoms with Gasteiger partial charge in [-0.1, -0.05) is 6.42 Å². The monoisotopic (exact) mass is 315 g/mol. The molecule has 1 heterocycles. The largest absolute Gasteiger partial charge is 0.370 e. The molecule has 1 aliphatic heterocycles. The summed E-state index contributed by atoms with van der Waals surface area (Å²) in [6, 6.07) is 0.143. The minimum Gasteiger partial charge on any atom is -0.370 e. The van der Waals surface area contributed by atoms with Crippen molar-refractivity contribution < 1.29 is 9.53 Å². The molecule has 2 atom stereocenters. The van der Waals surface area contributed by atoms with Crippen LogP contribution in [0.25, 0.3) is 0 Å². The Labute approximate surface area is 128 Å². The molecule has 5 nitrogen and oxygen atoms in total. The zero-order valence-corrected chi connectivity index (χ0v) is 13.4. The van der Waals surface area contributed by atoms with Crippen molar-refractivity contribution in [2.45, 2.75) is 38.3 Å². The van der Waals surface area contributed by atoms with Gasteiger partial charge in [0.2, 0.25) is 0 Å². The number of hydrogen-bond donors (Lipinski definition) is 2. The van der Waals surface area contributed by atoms with Crippen molar-refractivity contribution in [3.63, 3.8) is 0 Å². The molecular formula is C12H27Cl2N3O2. The van der Waals surface area contributed by atoms with E-state index in [1.165, 1.54) is 26.4 Å². The first-order valence-corrected chi connectivity index (χ1v) is 6.43. The molecule has 0 aliphatic carbocycles. The van der Waals surface area contributed by atoms with Crippen molar-refractivity contribution in [3.8, 4) is 0 Å². The van der Waals surface area contributed by atoms with E-state index in [-0.39, 0.29) is 43.3 Å². The zero-order valence-electron chi connectivity index (χ0n) is 11.8. The van der Waals surface area contributed by atoms with Crippen LogP contribution in [0.3, 0.4) is 0 Å². The van der Waals surface area contributed by atoms with Crippen LogP contribution in [-0.2, 0) is 9.53 Å². The topological polar surface area (TPSA) is 67.6 Å². The van der Waals surface area contributed by atoms with Gasteiger partial charge < -0.3 is 20.7 Å². The van der Waals surface area contributed by atoms with Crippen LogP contribution >= 0.6 is 24.8 Å². The Morgan fingerprint density at radius 3 is 2.37 bits per heavy atom. The van der Waals surface area contributed by atoms with Crippen LogP contribution in [0, 0.1) is 0 Å². The third kappa shape index (κ3) is 7.95. The number of hydrogen-bond acceptors (Lipinski definition) is 4. The molecule has 19 heavy (non-hydrogen) atoms. The molecule has 7 heteroatoms. The lowest BCUT2D eigenvalue weighted by Crippen LogP contribution is -2.48. The number of carbonyl (C=O) groups excluding carboxylic acids is 1. The standard InChI is InChI=1S/C12H25N3O2.2ClH/c1-10(9-15-6-4-3-5-7-15)14-12(16)11(8-13)17-2;;/h10-11H,3-9,13H2,1-2H3,(H,14,16);2*1H. The summed E-state index contributed by atoms with van der Waals surface area (Å²) < 4.78 is 5.00. The van der Waals surface area contributed by atoms with E-state index in [4.69, 9.17) is 10.5 Å². The number of piperidine rings is 1. The van der Waals surface area contributed by atoms with Gasteiger partial charge in [-0.15, -0.1) is 24.8 Å². The highest BCUT2D eigenvalue weighted by atomic mass is 35.5. The predicted molar refractivity (Wildman–Crippen MR) is 82.2 cm³/mol. The van der Waals surface area contributed by atoms with E-state index in [2.05, 4.69) is 10.2 Å². The molecule has 0 radical (unpaired) electrons. The normalized spacial score (nSPS) is 18.7. The summed E-state index contributed by atoms with van der Waals surface area (Å²) in [4.78, 5) is 14.1. The van der Waals surface area contributed by atoms with Crippen LogP contribution in [-0.4, -0.2) is 56.2 Å². The highest BCUT2D eigenvalue weighted by Gasteiger charge is 2.19. The number of halogens is 2. The van der Waals surface area contributed by atoms with E-state index in [9.17, 15) is 4.79 Å². The number of nitrogens with two attached hydrogens (primary N) is 1. The number of likely N-dealkylation sites (tertiary alicyclic amines) is 1. The molecule has 116 valence electrons. The first-order chi connectivity index (χ1) is 8.17. The minimum atomic E-state index is -0.529. The molecule has 1 fully saturated rings. The summed E-state index contributed by atoms with van der Waals surface area (Å²) in [5, 5.41) is 2.94. The van der Waals surface area contributed by atoms with Gasteiger partial charge in [0.05, 0.1) is 0 Å². The maximum absolute atomic E-state index is 11.7. The fourth-order valence-corrected chi connectivity index (χ4v) is 2.22. The first-order valence-electron chi connectivity index (χ1n) is 6.43. The molecule has 0 spiro atoms. The van der Waals surface area contributed by atoms with E-state index in [0.29, 0.717) is 0 Å². The summed E-state index contributed by atoms with van der Waals surface area (Å²) >= 11 is 0. The number of rotatable bonds is 6. The second kappa shape index (κ2) is 11.7. The smallest absolute Gasteiger partial charge is 0.250 e. The Balaban J connectivity index is 0. The van der Waals surface area contributed by atoms with Crippen molar-refractivity contribution in [1.29, 1.82) is 0 Å². The van der Waals surface area contributed by atoms with E-state index in [1.807, 2.05) is 6.92 Å². The first kappa shape index (κ1) is 21.2. The lowest BCUT2D eigenvalue weighted by molar-refractivity contribution is -0.131. The predicted octanol–water partition coefficient (Wildman–Crippen LogP) is 0.794. The van der Waals surface area contributed by atoms with Gasteiger partial charge in [-0.2, -0.15) is 0 Å². The Bertz CT molecular complexity index is 235. The maximum atomic E-state index is 11.7. The third-order valence-corrected chi connectivity index (χ3v) is 3.16. The highest BCUT2D eigenvalue weighted by Crippen LogP contribution is 2.08. The molecule has 0 aromatic carbocycles. The quantitative estimate of drug-likeness (QED) is 0.760. The molecule has 0 saturated carbocycles. The molecule has 1 aliphatic rings. The summed E-state index contributed by atoms with van der Waals surface area (Å²) in [5.41, 5.74) is 5.45. The number of nitrogens with zero attached hydrogens (tertiary/aromatic N) is 1. The number of methoxy groups -OCH3 is 1. The molecule has 0 aromatic rings. The Morgan fingerprint density at radius 1 is 1.32 bits per heavy atom. The number of ether oxygens (including phenoxy) is 1. The summed E-state index contributed by atoms with van der Waals surface area (Å²) in [6.45, 7) is 5.44. The lowest BCUT2D eigenvalue weighted by atomic mass is 10.1. The molecule has 1 amide bonds. The minimum absolute atomic E-state index is 0. The molecule has 0 aromatic heterocycles. The van der Waals surface area contributed by atoms with Crippen LogP contribution in [0.2, 0.25) is 0 Å². The Kier molecular flexibility index (Phi) is 13.1. The Hall–Kier alpha value is -0.0700. The van der Waals surface area contributed by atoms with Crippen LogP contribution in [0.1, 0.15) is 26.2 Å². The summed E-state index contributed by atoms with van der Waals surface area (Å²) in [5.74, 6) is -0.112. The molecule has 0 bridgehead atoms. The molecule has 1 rings (SSSR count). The average Bonchev–Trinajstić information content (AvgIpc) is 2.31. The van der Waals surface area contributed by atoms with Crippen LogP contribution in [0.15, 0.2) is 0 Å². The van der Waals surface area contributed by atoms with E-state index < -0.39 is 6.10 Å². The fraction of sp³-hybridized carbons (Fsp3) is 0.917. The van der Waals surface area contributed by atoms with Crippen molar-refractivity contribution >= 4 is 30.7 Å². The van der Waals surface area contributed by atoms with Gasteiger partial charge in [0, 0.05) is 26.2 Å². The van der Waals surface area contributed by atoms with Gasteiger partial charge in [-0.3, -0.25) is 4.79 Å². The zero-order chi connectivity index (χ0) is 12.7. The fourth-order valence-electron chi connectivity index (χ4n) is 2.22. The van der Waals surface area contributed by atoms with Gasteiger partial charge in [-0.05, 0) is 32.9 Å². The maximum Gasteiger partial charge on any atom is 0.250 e. The van der Waals surface area contributed by atoms with Crippen molar-refractivity contribution in [3.05, 3.63) is 0 Å². The summed E-state index contributed by atoms with van der Waals surface area (Å²) in [7, 11) is 1.51. The van der Waals surface area contributed by atoms with E-state index >= 15 is 0 Å². The van der Waals surface area contributed by atoms with Crippen LogP contribution < -0.4 is 11.1 Å². The van der Waals surface area contributed by atoms with E-state index in [0.717, 1.165) is 19.6 Å². The number of amides is 1. The van der Waals surface area contributed by atoms with Gasteiger partial charge in [-0.25, -0.2) is 0 Å². The van der Waals surface area contributed by atoms with Crippen molar-refractivity contribution in [2.75, 3.05) is 33.3 Å². The molecule has 3 N–H and O–H groups in total. The highest BCUT2D eigenvalue weighted by molar-refractivity contribution is 5.85. The molecular weight excluding hydrogens is 289 g/mol. The van der Waals surface area contributed by atoms with Gasteiger partial charge in [0.1, 0.15) is 6.10 Å². The molecule has 2 unspecified atom stereocenters. The Morgan fingerprint density at radius 2 is 1.89 bits per heavy atom. The van der Waals surface area contributed by atoms with Gasteiger partial charge in [0.25, 0.3) is 5.91 Å².